The fourth-order valence-corrected chi connectivity index (χ4v) is 3.94. The van der Waals surface area contributed by atoms with Crippen LogP contribution in [0.15, 0.2) is 30.3 Å². The van der Waals surface area contributed by atoms with Crippen molar-refractivity contribution in [2.24, 2.45) is 11.7 Å². The molecular weight excluding hydrogens is 392 g/mol. The Kier molecular flexibility index (Phi) is 8.15. The monoisotopic (exact) mass is 418 g/mol. The van der Waals surface area contributed by atoms with Crippen molar-refractivity contribution in [2.75, 3.05) is 6.54 Å². The lowest BCUT2D eigenvalue weighted by atomic mass is 9.90. The lowest BCUT2D eigenvalue weighted by Crippen LogP contribution is -2.57. The van der Waals surface area contributed by atoms with E-state index in [1.807, 2.05) is 25.1 Å². The molecule has 1 aliphatic rings. The van der Waals surface area contributed by atoms with Crippen LogP contribution < -0.4 is 21.9 Å². The van der Waals surface area contributed by atoms with Gasteiger partial charge in [0.15, 0.2) is 0 Å². The maximum Gasteiger partial charge on any atom is 0.240 e. The van der Waals surface area contributed by atoms with E-state index in [9.17, 15) is 4.79 Å². The predicted molar refractivity (Wildman–Crippen MR) is 104 cm³/mol. The molecule has 1 heterocycles. The first kappa shape index (κ1) is 21.4. The van der Waals surface area contributed by atoms with Crippen LogP contribution in [0.4, 0.5) is 0 Å². The van der Waals surface area contributed by atoms with Crippen LogP contribution in [0.3, 0.4) is 0 Å². The van der Waals surface area contributed by atoms with Gasteiger partial charge in [-0.1, -0.05) is 60.1 Å². The van der Waals surface area contributed by atoms with Crippen LogP contribution in [0.1, 0.15) is 38.8 Å². The molecule has 24 heavy (non-hydrogen) atoms. The summed E-state index contributed by atoms with van der Waals surface area (Å²) >= 11 is 3.67. The third-order valence-electron chi connectivity index (χ3n) is 4.21. The van der Waals surface area contributed by atoms with Crippen LogP contribution in [0.25, 0.3) is 0 Å². The molecule has 1 aromatic carbocycles. The van der Waals surface area contributed by atoms with Gasteiger partial charge < -0.3 is 11.1 Å². The van der Waals surface area contributed by atoms with E-state index in [0.717, 1.165) is 12.0 Å². The van der Waals surface area contributed by atoms with Crippen molar-refractivity contribution in [1.29, 1.82) is 0 Å². The smallest absolute Gasteiger partial charge is 0.240 e. The van der Waals surface area contributed by atoms with Gasteiger partial charge in [0.2, 0.25) is 5.91 Å². The highest BCUT2D eigenvalue weighted by atomic mass is 79.9. The molecule has 0 bridgehead atoms. The molecule has 7 heteroatoms. The topological polar surface area (TPSA) is 79.2 Å². The van der Waals surface area contributed by atoms with E-state index in [0.29, 0.717) is 12.5 Å². The maximum absolute atomic E-state index is 12.7. The number of benzene rings is 1. The van der Waals surface area contributed by atoms with Crippen molar-refractivity contribution in [3.8, 4) is 0 Å². The zero-order valence-corrected chi connectivity index (χ0v) is 16.8. The Morgan fingerprint density at radius 1 is 1.33 bits per heavy atom. The first-order valence-electron chi connectivity index (χ1n) is 8.08. The summed E-state index contributed by atoms with van der Waals surface area (Å²) in [7, 11) is 0. The minimum atomic E-state index is -0.384. The average Bonchev–Trinajstić information content (AvgIpc) is 2.89. The number of nitrogens with one attached hydrogen (secondary N) is 3. The van der Waals surface area contributed by atoms with E-state index < -0.39 is 0 Å². The molecule has 0 spiro atoms. The number of nitrogens with two attached hydrogens (primary N) is 1. The van der Waals surface area contributed by atoms with Crippen LogP contribution in [-0.4, -0.2) is 28.9 Å². The molecule has 0 aromatic heterocycles. The fraction of sp³-hybridized carbons (Fsp3) is 0.588. The highest BCUT2D eigenvalue weighted by molar-refractivity contribution is 9.09. The summed E-state index contributed by atoms with van der Waals surface area (Å²) in [6.07, 6.45) is 0.852. The van der Waals surface area contributed by atoms with Gasteiger partial charge in [-0.05, 0) is 24.8 Å². The molecule has 0 saturated carbocycles. The molecule has 136 valence electrons. The number of rotatable bonds is 6. The second-order valence-electron chi connectivity index (χ2n) is 6.95. The highest BCUT2D eigenvalue weighted by Crippen LogP contribution is 2.29. The molecule has 0 aliphatic carbocycles. The normalized spacial score (nSPS) is 25.8. The lowest BCUT2D eigenvalue weighted by molar-refractivity contribution is -0.124. The number of carbonyl (C=O) groups is 1. The molecule has 5 N–H and O–H groups in total. The Balaban J connectivity index is 0.00000288. The minimum Gasteiger partial charge on any atom is -0.348 e. The van der Waals surface area contributed by atoms with Crippen molar-refractivity contribution in [3.05, 3.63) is 35.9 Å². The van der Waals surface area contributed by atoms with Crippen LogP contribution >= 0.6 is 28.3 Å². The first-order chi connectivity index (χ1) is 10.9. The molecule has 1 amide bonds. The van der Waals surface area contributed by atoms with Crippen molar-refractivity contribution in [3.63, 3.8) is 0 Å². The number of hydrogen-bond acceptors (Lipinski definition) is 4. The molecule has 1 aliphatic heterocycles. The summed E-state index contributed by atoms with van der Waals surface area (Å²) < 4.78 is 0. The molecular formula is C17H28BrClN4O. The number of carbonyl (C=O) groups excluding carboxylic acids is 1. The van der Waals surface area contributed by atoms with Gasteiger partial charge in [-0.25, -0.2) is 10.9 Å². The Bertz CT molecular complexity index is 531. The SMILES string of the molecule is CC(C)CC(C)(CN)NC(=O)C1NNC(c2ccccc2)C1Br.Cl. The summed E-state index contributed by atoms with van der Waals surface area (Å²) in [6.45, 7) is 6.69. The Morgan fingerprint density at radius 2 is 1.96 bits per heavy atom. The summed E-state index contributed by atoms with van der Waals surface area (Å²) in [5, 5.41) is 3.12. The second kappa shape index (κ2) is 9.15. The highest BCUT2D eigenvalue weighted by Gasteiger charge is 2.41. The molecule has 1 fully saturated rings. The van der Waals surface area contributed by atoms with Gasteiger partial charge in [0.05, 0.1) is 10.9 Å². The lowest BCUT2D eigenvalue weighted by Gasteiger charge is -2.32. The number of amides is 1. The summed E-state index contributed by atoms with van der Waals surface area (Å²) in [5.74, 6) is 0.432. The van der Waals surface area contributed by atoms with Crippen LogP contribution in [0, 0.1) is 5.92 Å². The van der Waals surface area contributed by atoms with Crippen LogP contribution in [0.2, 0.25) is 0 Å². The van der Waals surface area contributed by atoms with Gasteiger partial charge >= 0.3 is 0 Å². The third-order valence-corrected chi connectivity index (χ3v) is 5.26. The Hall–Kier alpha value is -0.660. The van der Waals surface area contributed by atoms with E-state index in [1.165, 1.54) is 0 Å². The van der Waals surface area contributed by atoms with E-state index in [4.69, 9.17) is 5.73 Å². The number of halogens is 2. The van der Waals surface area contributed by atoms with Gasteiger partial charge in [-0.15, -0.1) is 12.4 Å². The van der Waals surface area contributed by atoms with Crippen molar-refractivity contribution >= 4 is 34.2 Å². The fourth-order valence-electron chi connectivity index (χ4n) is 3.13. The molecule has 2 rings (SSSR count). The van der Waals surface area contributed by atoms with E-state index in [2.05, 4.69) is 58.1 Å². The summed E-state index contributed by atoms with van der Waals surface area (Å²) in [5.41, 5.74) is 13.0. The first-order valence-corrected chi connectivity index (χ1v) is 9.00. The van der Waals surface area contributed by atoms with Crippen LogP contribution in [0.5, 0.6) is 0 Å². The maximum atomic E-state index is 12.7. The van der Waals surface area contributed by atoms with Crippen molar-refractivity contribution in [2.45, 2.75) is 49.6 Å². The molecule has 1 saturated heterocycles. The number of hydrogen-bond donors (Lipinski definition) is 4. The van der Waals surface area contributed by atoms with Gasteiger partial charge in [-0.2, -0.15) is 0 Å². The quantitative estimate of drug-likeness (QED) is 0.533. The molecule has 0 radical (unpaired) electrons. The summed E-state index contributed by atoms with van der Waals surface area (Å²) in [6, 6.07) is 9.78. The molecule has 4 unspecified atom stereocenters. The zero-order valence-electron chi connectivity index (χ0n) is 14.4. The molecule has 5 nitrogen and oxygen atoms in total. The number of hydrazine groups is 1. The van der Waals surface area contributed by atoms with E-state index in [-0.39, 0.29) is 40.8 Å². The standard InChI is InChI=1S/C17H27BrN4O.ClH/c1-11(2)9-17(3,10-19)20-16(23)15-13(18)14(21-22-15)12-7-5-4-6-8-12;/h4-8,11,13-15,21-22H,9-10,19H2,1-3H3,(H,20,23);1H. The van der Waals surface area contributed by atoms with Gasteiger partial charge in [-0.3, -0.25) is 4.79 Å². The number of alkyl halides is 1. The van der Waals surface area contributed by atoms with E-state index >= 15 is 0 Å². The van der Waals surface area contributed by atoms with Crippen LogP contribution in [-0.2, 0) is 4.79 Å². The minimum absolute atomic E-state index is 0. The average molecular weight is 420 g/mol. The second-order valence-corrected chi connectivity index (χ2v) is 8.01. The van der Waals surface area contributed by atoms with Gasteiger partial charge in [0, 0.05) is 12.1 Å². The zero-order chi connectivity index (χ0) is 17.0. The Morgan fingerprint density at radius 3 is 2.50 bits per heavy atom. The van der Waals surface area contributed by atoms with E-state index in [1.54, 1.807) is 0 Å². The van der Waals surface area contributed by atoms with Crippen molar-refractivity contribution in [1.82, 2.24) is 16.2 Å². The largest absolute Gasteiger partial charge is 0.348 e. The predicted octanol–water partition coefficient (Wildman–Crippen LogP) is 2.27. The van der Waals surface area contributed by atoms with Gasteiger partial charge in [0.1, 0.15) is 6.04 Å². The van der Waals surface area contributed by atoms with Gasteiger partial charge in [0.25, 0.3) is 0 Å². The Labute approximate surface area is 159 Å². The summed E-state index contributed by atoms with van der Waals surface area (Å²) in [4.78, 5) is 12.7. The van der Waals surface area contributed by atoms with Crippen molar-refractivity contribution < 1.29 is 4.79 Å². The molecule has 4 atom stereocenters. The third kappa shape index (κ3) is 5.17. The molecule has 1 aromatic rings.